The van der Waals surface area contributed by atoms with Gasteiger partial charge in [-0.15, -0.1) is 0 Å². The zero-order chi connectivity index (χ0) is 20.9. The van der Waals surface area contributed by atoms with E-state index >= 15 is 0 Å². The maximum atomic E-state index is 11.4. The van der Waals surface area contributed by atoms with Crippen molar-refractivity contribution in [1.82, 2.24) is 20.3 Å². The normalized spacial score (nSPS) is 13.1. The third-order valence-corrected chi connectivity index (χ3v) is 5.28. The van der Waals surface area contributed by atoms with Crippen molar-refractivity contribution in [3.05, 3.63) is 29.1 Å². The number of nitrogen functional groups attached to an aromatic ring is 1. The van der Waals surface area contributed by atoms with Crippen LogP contribution in [0.1, 0.15) is 40.0 Å². The fraction of sp³-hybridized carbons (Fsp3) is 0.400. The Morgan fingerprint density at radius 1 is 1.31 bits per heavy atom. The molecule has 3 aromatic rings. The number of nitrogens with one attached hydrogen (secondary N) is 3. The molecule has 5 N–H and O–H groups in total. The van der Waals surface area contributed by atoms with E-state index in [1.165, 1.54) is 6.92 Å². The highest BCUT2D eigenvalue weighted by Gasteiger charge is 2.26. The number of hydrogen-bond acceptors (Lipinski definition) is 8. The summed E-state index contributed by atoms with van der Waals surface area (Å²) in [5.41, 5.74) is 8.70. The van der Waals surface area contributed by atoms with Crippen LogP contribution in [-0.4, -0.2) is 32.9 Å². The first-order valence-electron chi connectivity index (χ1n) is 9.63. The Hall–Kier alpha value is -2.94. The Balaban J connectivity index is 1.91. The van der Waals surface area contributed by atoms with E-state index in [1.54, 1.807) is 17.5 Å². The number of carbonyl (C=O) groups is 1. The summed E-state index contributed by atoms with van der Waals surface area (Å²) in [4.78, 5) is 24.8. The van der Waals surface area contributed by atoms with Gasteiger partial charge in [0.2, 0.25) is 11.9 Å². The summed E-state index contributed by atoms with van der Waals surface area (Å²) in [6.45, 7) is 6.20. The van der Waals surface area contributed by atoms with Gasteiger partial charge in [-0.3, -0.25) is 4.79 Å². The SMILES string of the molecule is CCCC[C@](C)(CNC(C)=O)Nc1nc(N)nc2cc(Nc3ccsc3)cnc12. The summed E-state index contributed by atoms with van der Waals surface area (Å²) in [5.74, 6) is 0.675. The van der Waals surface area contributed by atoms with E-state index in [2.05, 4.69) is 44.7 Å². The summed E-state index contributed by atoms with van der Waals surface area (Å²) in [6, 6.07) is 3.90. The second-order valence-electron chi connectivity index (χ2n) is 7.36. The van der Waals surface area contributed by atoms with Gasteiger partial charge in [0.15, 0.2) is 5.82 Å². The molecule has 1 atom stereocenters. The number of unbranched alkanes of at least 4 members (excludes halogenated alkanes) is 1. The van der Waals surface area contributed by atoms with Gasteiger partial charge in [0.1, 0.15) is 5.52 Å². The smallest absolute Gasteiger partial charge is 0.222 e. The Morgan fingerprint density at radius 3 is 2.83 bits per heavy atom. The van der Waals surface area contributed by atoms with Crippen LogP contribution in [0.2, 0.25) is 0 Å². The molecule has 3 rings (SSSR count). The van der Waals surface area contributed by atoms with E-state index in [9.17, 15) is 4.79 Å². The van der Waals surface area contributed by atoms with Crippen molar-refractivity contribution < 1.29 is 4.79 Å². The molecule has 0 aromatic carbocycles. The molecule has 8 nitrogen and oxygen atoms in total. The van der Waals surface area contributed by atoms with E-state index in [-0.39, 0.29) is 17.4 Å². The van der Waals surface area contributed by atoms with E-state index in [0.717, 1.165) is 30.6 Å². The quantitative estimate of drug-likeness (QED) is 0.420. The van der Waals surface area contributed by atoms with Crippen molar-refractivity contribution in [2.75, 3.05) is 22.9 Å². The van der Waals surface area contributed by atoms with Crippen LogP contribution < -0.4 is 21.7 Å². The van der Waals surface area contributed by atoms with Gasteiger partial charge in [-0.2, -0.15) is 16.3 Å². The van der Waals surface area contributed by atoms with Crippen LogP contribution >= 0.6 is 11.3 Å². The first-order valence-corrected chi connectivity index (χ1v) is 10.6. The first-order chi connectivity index (χ1) is 13.9. The van der Waals surface area contributed by atoms with Crippen LogP contribution in [0, 0.1) is 0 Å². The molecule has 0 unspecified atom stereocenters. The van der Waals surface area contributed by atoms with Crippen molar-refractivity contribution in [1.29, 1.82) is 0 Å². The molecular weight excluding hydrogens is 386 g/mol. The minimum absolute atomic E-state index is 0.0659. The number of amides is 1. The summed E-state index contributed by atoms with van der Waals surface area (Å²) >= 11 is 1.62. The summed E-state index contributed by atoms with van der Waals surface area (Å²) in [7, 11) is 0. The number of nitrogens with two attached hydrogens (primary N) is 1. The fourth-order valence-electron chi connectivity index (χ4n) is 3.06. The highest BCUT2D eigenvalue weighted by Crippen LogP contribution is 2.27. The number of carbonyl (C=O) groups excluding carboxylic acids is 1. The van der Waals surface area contributed by atoms with Crippen LogP contribution in [0.15, 0.2) is 29.1 Å². The number of aromatic nitrogens is 3. The number of thiophene rings is 1. The Kier molecular flexibility index (Phi) is 6.48. The monoisotopic (exact) mass is 413 g/mol. The van der Waals surface area contributed by atoms with Crippen LogP contribution in [-0.2, 0) is 4.79 Å². The molecule has 0 saturated carbocycles. The molecule has 0 radical (unpaired) electrons. The van der Waals surface area contributed by atoms with Crippen molar-refractivity contribution >= 4 is 51.4 Å². The van der Waals surface area contributed by atoms with Gasteiger partial charge in [0.05, 0.1) is 22.9 Å². The number of anilines is 4. The molecule has 0 aliphatic rings. The fourth-order valence-corrected chi connectivity index (χ4v) is 3.65. The van der Waals surface area contributed by atoms with Gasteiger partial charge in [0.25, 0.3) is 0 Å². The molecule has 1 amide bonds. The highest BCUT2D eigenvalue weighted by molar-refractivity contribution is 7.08. The second-order valence-corrected chi connectivity index (χ2v) is 8.14. The lowest BCUT2D eigenvalue weighted by Gasteiger charge is -2.32. The van der Waals surface area contributed by atoms with E-state index in [0.29, 0.717) is 23.4 Å². The molecule has 0 fully saturated rings. The van der Waals surface area contributed by atoms with Crippen molar-refractivity contribution in [3.63, 3.8) is 0 Å². The van der Waals surface area contributed by atoms with Crippen LogP contribution in [0.25, 0.3) is 11.0 Å². The van der Waals surface area contributed by atoms with Gasteiger partial charge in [-0.05, 0) is 30.9 Å². The zero-order valence-electron chi connectivity index (χ0n) is 17.0. The molecule has 0 bridgehead atoms. The van der Waals surface area contributed by atoms with Crippen molar-refractivity contribution in [2.24, 2.45) is 0 Å². The molecule has 154 valence electrons. The van der Waals surface area contributed by atoms with Crippen molar-refractivity contribution in [2.45, 2.75) is 45.6 Å². The maximum absolute atomic E-state index is 11.4. The average molecular weight is 414 g/mol. The number of fused-ring (bicyclic) bond motifs is 1. The standard InChI is InChI=1S/C20H27N7OS/c1-4-5-7-20(3,12-23-13(2)28)27-18-17-16(25-19(21)26-18)9-15(10-22-17)24-14-6-8-29-11-14/h6,8-11,24H,4-5,7,12H2,1-3H3,(H,23,28)(H3,21,25,26,27)/t20-/m1/s1. The number of hydrogen-bond donors (Lipinski definition) is 4. The van der Waals surface area contributed by atoms with Crippen LogP contribution in [0.3, 0.4) is 0 Å². The minimum Gasteiger partial charge on any atom is -0.368 e. The van der Waals surface area contributed by atoms with Crippen molar-refractivity contribution in [3.8, 4) is 0 Å². The van der Waals surface area contributed by atoms with E-state index in [4.69, 9.17) is 5.73 Å². The Morgan fingerprint density at radius 2 is 2.14 bits per heavy atom. The molecule has 0 aliphatic heterocycles. The molecule has 3 aromatic heterocycles. The number of pyridine rings is 1. The Labute approximate surface area is 174 Å². The number of rotatable bonds is 9. The van der Waals surface area contributed by atoms with E-state index < -0.39 is 0 Å². The lowest BCUT2D eigenvalue weighted by Crippen LogP contribution is -2.46. The lowest BCUT2D eigenvalue weighted by molar-refractivity contribution is -0.119. The summed E-state index contributed by atoms with van der Waals surface area (Å²) in [5, 5.41) is 13.7. The van der Waals surface area contributed by atoms with Crippen LogP contribution in [0.4, 0.5) is 23.1 Å². The van der Waals surface area contributed by atoms with Crippen LogP contribution in [0.5, 0.6) is 0 Å². The van der Waals surface area contributed by atoms with Gasteiger partial charge in [-0.1, -0.05) is 19.8 Å². The molecule has 0 aliphatic carbocycles. The van der Waals surface area contributed by atoms with Gasteiger partial charge >= 0.3 is 0 Å². The van der Waals surface area contributed by atoms with Gasteiger partial charge in [-0.25, -0.2) is 9.97 Å². The first kappa shape index (κ1) is 20.8. The Bertz CT molecular complexity index is 976. The predicted octanol–water partition coefficient (Wildman–Crippen LogP) is 3.91. The third-order valence-electron chi connectivity index (χ3n) is 4.59. The number of nitrogens with zero attached hydrogens (tertiary/aromatic N) is 3. The molecule has 0 spiro atoms. The molecule has 0 saturated heterocycles. The molecule has 29 heavy (non-hydrogen) atoms. The summed E-state index contributed by atoms with van der Waals surface area (Å²) < 4.78 is 0. The summed E-state index contributed by atoms with van der Waals surface area (Å²) in [6.07, 6.45) is 4.69. The highest BCUT2D eigenvalue weighted by atomic mass is 32.1. The topological polar surface area (TPSA) is 118 Å². The average Bonchev–Trinajstić information content (AvgIpc) is 3.17. The molecule has 3 heterocycles. The van der Waals surface area contributed by atoms with E-state index in [1.807, 2.05) is 22.9 Å². The predicted molar refractivity (Wildman–Crippen MR) is 120 cm³/mol. The minimum atomic E-state index is -0.384. The second kappa shape index (κ2) is 9.04. The maximum Gasteiger partial charge on any atom is 0.222 e. The lowest BCUT2D eigenvalue weighted by atomic mass is 9.94. The third kappa shape index (κ3) is 5.54. The largest absolute Gasteiger partial charge is 0.368 e. The van der Waals surface area contributed by atoms with Gasteiger partial charge < -0.3 is 21.7 Å². The molecular formula is C20H27N7OS. The zero-order valence-corrected chi connectivity index (χ0v) is 17.8. The molecule has 9 heteroatoms. The van der Waals surface area contributed by atoms with Gasteiger partial charge in [0, 0.05) is 24.5 Å².